The Labute approximate surface area is 208 Å². The van der Waals surface area contributed by atoms with Crippen molar-refractivity contribution in [1.29, 1.82) is 0 Å². The third-order valence-corrected chi connectivity index (χ3v) is 8.06. The van der Waals surface area contributed by atoms with E-state index in [2.05, 4.69) is 9.72 Å². The molecule has 14 heteroatoms. The number of benzene rings is 3. The van der Waals surface area contributed by atoms with Crippen molar-refractivity contribution >= 4 is 42.7 Å². The quantitative estimate of drug-likeness (QED) is 0.268. The van der Waals surface area contributed by atoms with Crippen LogP contribution in [0.2, 0.25) is 5.02 Å². The summed E-state index contributed by atoms with van der Waals surface area (Å²) in [5, 5.41) is 0.0520. The predicted octanol–water partition coefficient (Wildman–Crippen LogP) is 5.61. The van der Waals surface area contributed by atoms with Crippen LogP contribution in [0.25, 0.3) is 22.6 Å². The second-order valence-electron chi connectivity index (χ2n) is 7.22. The molecule has 1 heterocycles. The third kappa shape index (κ3) is 5.42. The van der Waals surface area contributed by atoms with Crippen LogP contribution in [0.5, 0.6) is 11.5 Å². The number of hydrogen-bond donors (Lipinski definition) is 0. The first-order valence-corrected chi connectivity index (χ1v) is 13.5. The van der Waals surface area contributed by atoms with E-state index in [4.69, 9.17) is 20.2 Å². The van der Waals surface area contributed by atoms with Gasteiger partial charge >= 0.3 is 16.5 Å². The van der Waals surface area contributed by atoms with E-state index in [0.29, 0.717) is 0 Å². The molecule has 1 aromatic heterocycles. The number of halogens is 4. The third-order valence-electron chi connectivity index (χ3n) is 4.82. The van der Waals surface area contributed by atoms with E-state index in [1.54, 1.807) is 0 Å². The number of sulfone groups is 1. The molecule has 0 unspecified atom stereocenters. The van der Waals surface area contributed by atoms with E-state index >= 15 is 0 Å². The van der Waals surface area contributed by atoms with Crippen molar-refractivity contribution in [3.05, 3.63) is 65.7 Å². The minimum atomic E-state index is -5.14. The lowest BCUT2D eigenvalue weighted by Gasteiger charge is -2.14. The largest absolute Gasteiger partial charge is 0.573 e. The number of para-hydroxylation sites is 1. The minimum absolute atomic E-state index is 0.00621. The van der Waals surface area contributed by atoms with E-state index in [0.717, 1.165) is 24.3 Å². The molecule has 0 spiro atoms. The Balaban J connectivity index is 1.78. The summed E-state index contributed by atoms with van der Waals surface area (Å²) in [7, 11) is -8.38. The Kier molecular flexibility index (Phi) is 6.66. The monoisotopic (exact) mass is 561 g/mol. The maximum absolute atomic E-state index is 12.9. The van der Waals surface area contributed by atoms with Crippen molar-refractivity contribution < 1.29 is 43.3 Å². The van der Waals surface area contributed by atoms with Gasteiger partial charge in [-0.05, 0) is 42.5 Å². The molecular formula is C22H15ClF3NO7S2. The average molecular weight is 562 g/mol. The van der Waals surface area contributed by atoms with Crippen LogP contribution in [0.4, 0.5) is 13.2 Å². The van der Waals surface area contributed by atoms with Crippen LogP contribution < -0.4 is 8.92 Å². The van der Waals surface area contributed by atoms with Gasteiger partial charge in [-0.15, -0.1) is 13.2 Å². The second-order valence-corrected chi connectivity index (χ2v) is 11.5. The first-order valence-electron chi connectivity index (χ1n) is 10.0. The molecular weight excluding hydrogens is 547 g/mol. The minimum Gasteiger partial charge on any atom is -0.436 e. The number of alkyl halides is 3. The van der Waals surface area contributed by atoms with Crippen LogP contribution in [0, 0.1) is 0 Å². The van der Waals surface area contributed by atoms with E-state index in [-0.39, 0.29) is 38.2 Å². The molecule has 0 aliphatic rings. The zero-order chi connectivity index (χ0) is 26.3. The number of fused-ring (bicyclic) bond motifs is 1. The number of rotatable bonds is 7. The number of hydrogen-bond acceptors (Lipinski definition) is 8. The molecule has 4 aromatic rings. The topological polar surface area (TPSA) is 113 Å². The van der Waals surface area contributed by atoms with Gasteiger partial charge in [0.05, 0.1) is 16.2 Å². The van der Waals surface area contributed by atoms with Gasteiger partial charge in [0.2, 0.25) is 5.89 Å². The summed E-state index contributed by atoms with van der Waals surface area (Å²) in [5.41, 5.74) is 0.369. The van der Waals surface area contributed by atoms with Gasteiger partial charge in [0.1, 0.15) is 10.4 Å². The van der Waals surface area contributed by atoms with Crippen molar-refractivity contribution in [2.75, 3.05) is 5.75 Å². The molecule has 0 aliphatic carbocycles. The van der Waals surface area contributed by atoms with E-state index in [1.807, 2.05) is 0 Å². The summed E-state index contributed by atoms with van der Waals surface area (Å²) in [4.78, 5) is 3.38. The van der Waals surface area contributed by atoms with Crippen LogP contribution in [0.3, 0.4) is 0 Å². The molecule has 0 bridgehead atoms. The predicted molar refractivity (Wildman–Crippen MR) is 123 cm³/mol. The first-order chi connectivity index (χ1) is 16.8. The Morgan fingerprint density at radius 1 is 0.972 bits per heavy atom. The lowest BCUT2D eigenvalue weighted by atomic mass is 10.2. The Bertz CT molecular complexity index is 1670. The molecule has 0 aliphatic heterocycles. The molecule has 0 saturated carbocycles. The van der Waals surface area contributed by atoms with Crippen LogP contribution in [0.1, 0.15) is 6.92 Å². The zero-order valence-corrected chi connectivity index (χ0v) is 20.5. The van der Waals surface area contributed by atoms with Gasteiger partial charge in [-0.25, -0.2) is 13.4 Å². The second kappa shape index (κ2) is 9.30. The van der Waals surface area contributed by atoms with Crippen LogP contribution >= 0.6 is 11.6 Å². The van der Waals surface area contributed by atoms with Gasteiger partial charge < -0.3 is 13.3 Å². The van der Waals surface area contributed by atoms with Crippen molar-refractivity contribution in [2.24, 2.45) is 0 Å². The first kappa shape index (κ1) is 25.8. The van der Waals surface area contributed by atoms with Gasteiger partial charge in [0.25, 0.3) is 0 Å². The van der Waals surface area contributed by atoms with E-state index in [9.17, 15) is 30.0 Å². The summed E-state index contributed by atoms with van der Waals surface area (Å²) < 4.78 is 103. The maximum Gasteiger partial charge on any atom is 0.573 e. The highest BCUT2D eigenvalue weighted by atomic mass is 35.5. The number of ether oxygens (including phenoxy) is 1. The Morgan fingerprint density at radius 3 is 2.39 bits per heavy atom. The number of oxazole rings is 1. The van der Waals surface area contributed by atoms with Gasteiger partial charge in [-0.3, -0.25) is 0 Å². The lowest BCUT2D eigenvalue weighted by Crippen LogP contribution is -2.20. The van der Waals surface area contributed by atoms with E-state index in [1.165, 1.54) is 43.3 Å². The van der Waals surface area contributed by atoms with E-state index < -0.39 is 42.7 Å². The van der Waals surface area contributed by atoms with Gasteiger partial charge in [0, 0.05) is 11.1 Å². The molecule has 190 valence electrons. The lowest BCUT2D eigenvalue weighted by molar-refractivity contribution is -0.275. The van der Waals surface area contributed by atoms with Gasteiger partial charge in [-0.2, -0.15) is 8.42 Å². The molecule has 0 N–H and O–H groups in total. The normalized spacial score (nSPS) is 12.6. The summed E-state index contributed by atoms with van der Waals surface area (Å²) in [5.74, 6) is -1.65. The highest BCUT2D eigenvalue weighted by Crippen LogP contribution is 2.37. The fourth-order valence-corrected chi connectivity index (χ4v) is 5.28. The highest BCUT2D eigenvalue weighted by molar-refractivity contribution is 7.91. The summed E-state index contributed by atoms with van der Waals surface area (Å²) in [6.45, 7) is 1.49. The van der Waals surface area contributed by atoms with Crippen LogP contribution in [0.15, 0.2) is 74.9 Å². The molecule has 0 saturated heterocycles. The average Bonchev–Trinajstić information content (AvgIpc) is 3.21. The zero-order valence-electron chi connectivity index (χ0n) is 18.1. The Morgan fingerprint density at radius 2 is 1.69 bits per heavy atom. The highest BCUT2D eigenvalue weighted by Gasteiger charge is 2.35. The van der Waals surface area contributed by atoms with Gasteiger partial charge in [0.15, 0.2) is 26.9 Å². The fraction of sp³-hybridized carbons (Fsp3) is 0.136. The summed E-state index contributed by atoms with van der Waals surface area (Å²) >= 11 is 6.00. The Hall–Kier alpha value is -3.29. The summed E-state index contributed by atoms with van der Waals surface area (Å²) in [6, 6.07) is 11.9. The molecule has 36 heavy (non-hydrogen) atoms. The molecule has 3 aromatic carbocycles. The molecule has 0 atom stereocenters. The van der Waals surface area contributed by atoms with Crippen LogP contribution in [-0.2, 0) is 20.0 Å². The molecule has 0 fully saturated rings. The van der Waals surface area contributed by atoms with Crippen molar-refractivity contribution in [3.8, 4) is 23.0 Å². The fourth-order valence-electron chi connectivity index (χ4n) is 3.15. The van der Waals surface area contributed by atoms with Crippen molar-refractivity contribution in [2.45, 2.75) is 23.1 Å². The molecule has 4 rings (SSSR count). The van der Waals surface area contributed by atoms with Crippen molar-refractivity contribution in [3.63, 3.8) is 0 Å². The maximum atomic E-state index is 12.9. The van der Waals surface area contributed by atoms with Crippen molar-refractivity contribution in [1.82, 2.24) is 4.98 Å². The molecule has 8 nitrogen and oxygen atoms in total. The summed E-state index contributed by atoms with van der Waals surface area (Å²) in [6.07, 6.45) is -5.14. The smallest absolute Gasteiger partial charge is 0.436 e. The van der Waals surface area contributed by atoms with Gasteiger partial charge in [-0.1, -0.05) is 30.7 Å². The number of nitrogens with zero attached hydrogens (tertiary/aromatic N) is 1. The molecule has 0 radical (unpaired) electrons. The van der Waals surface area contributed by atoms with Crippen LogP contribution in [-0.4, -0.2) is 33.9 Å². The standard InChI is InChI=1S/C22H15ClF3NO7S2/c1-2-35(28,29)14-8-10-17-16(12-14)27-21(32-17)15-9-7-13(23)11-19(15)34-36(30,31)20-6-4-3-5-18(20)33-22(24,25)26/h3-12H,2H2,1H3. The molecule has 0 amide bonds. The SMILES string of the molecule is CCS(=O)(=O)c1ccc2oc(-c3ccc(Cl)cc3OS(=O)(=O)c3ccccc3OC(F)(F)F)nc2c1. The number of aromatic nitrogens is 1.